The van der Waals surface area contributed by atoms with Crippen molar-refractivity contribution in [3.05, 3.63) is 66.0 Å². The number of carbonyl (C=O) groups is 1. The molecule has 1 saturated heterocycles. The molecule has 0 radical (unpaired) electrons. The number of ether oxygens (including phenoxy) is 1. The number of nitrogens with one attached hydrogen (secondary N) is 1. The van der Waals surface area contributed by atoms with Crippen LogP contribution in [0.1, 0.15) is 37.4 Å². The van der Waals surface area contributed by atoms with E-state index in [1.807, 2.05) is 54.7 Å². The van der Waals surface area contributed by atoms with Crippen LogP contribution in [0.4, 0.5) is 5.69 Å². The summed E-state index contributed by atoms with van der Waals surface area (Å²) in [7, 11) is 1.66. The monoisotopic (exact) mass is 446 g/mol. The minimum absolute atomic E-state index is 0.0198. The number of rotatable bonds is 8. The summed E-state index contributed by atoms with van der Waals surface area (Å²) in [6, 6.07) is 15.9. The third kappa shape index (κ3) is 5.45. The molecule has 1 aliphatic rings. The third-order valence-corrected chi connectivity index (χ3v) is 6.50. The Morgan fingerprint density at radius 3 is 2.73 bits per heavy atom. The van der Waals surface area contributed by atoms with Gasteiger partial charge in [-0.3, -0.25) is 14.4 Å². The summed E-state index contributed by atoms with van der Waals surface area (Å²) < 4.78 is 7.36. The second kappa shape index (κ2) is 10.7. The highest BCUT2D eigenvalue weighted by atomic mass is 16.5. The van der Waals surface area contributed by atoms with Crippen LogP contribution in [0.15, 0.2) is 54.7 Å². The highest BCUT2D eigenvalue weighted by molar-refractivity contribution is 5.97. The molecule has 1 amide bonds. The predicted molar refractivity (Wildman–Crippen MR) is 132 cm³/mol. The smallest absolute Gasteiger partial charge is 0.228 e. The van der Waals surface area contributed by atoms with E-state index in [-0.39, 0.29) is 11.8 Å². The topological polar surface area (TPSA) is 59.4 Å². The highest BCUT2D eigenvalue weighted by Crippen LogP contribution is 2.30. The lowest BCUT2D eigenvalue weighted by Crippen LogP contribution is -2.40. The number of nitrogens with zero attached hydrogens (tertiary/aromatic N) is 3. The van der Waals surface area contributed by atoms with Crippen molar-refractivity contribution in [3.63, 3.8) is 0 Å². The summed E-state index contributed by atoms with van der Waals surface area (Å²) in [5, 5.41) is 7.74. The van der Waals surface area contributed by atoms with Gasteiger partial charge in [0.15, 0.2) is 0 Å². The molecule has 33 heavy (non-hydrogen) atoms. The molecule has 1 atom stereocenters. The number of aromatic nitrogens is 2. The van der Waals surface area contributed by atoms with E-state index in [0.717, 1.165) is 68.0 Å². The number of methoxy groups -OCH3 is 1. The molecule has 0 aliphatic carbocycles. The number of hydrogen-bond acceptors (Lipinski definition) is 4. The van der Waals surface area contributed by atoms with E-state index in [9.17, 15) is 4.79 Å². The summed E-state index contributed by atoms with van der Waals surface area (Å²) >= 11 is 0. The first kappa shape index (κ1) is 23.1. The Hall–Kier alpha value is -3.12. The van der Waals surface area contributed by atoms with Crippen LogP contribution in [0.5, 0.6) is 5.75 Å². The van der Waals surface area contributed by atoms with Crippen LogP contribution in [0.25, 0.3) is 11.1 Å². The molecule has 2 aromatic carbocycles. The van der Waals surface area contributed by atoms with E-state index in [1.165, 1.54) is 11.3 Å². The van der Waals surface area contributed by atoms with Crippen LogP contribution < -0.4 is 10.1 Å². The van der Waals surface area contributed by atoms with Crippen molar-refractivity contribution in [2.45, 2.75) is 46.2 Å². The van der Waals surface area contributed by atoms with Gasteiger partial charge in [-0.2, -0.15) is 5.10 Å². The van der Waals surface area contributed by atoms with Crippen LogP contribution in [-0.4, -0.2) is 40.8 Å². The first-order valence-corrected chi connectivity index (χ1v) is 11.9. The van der Waals surface area contributed by atoms with Gasteiger partial charge < -0.3 is 10.1 Å². The zero-order valence-corrected chi connectivity index (χ0v) is 19.9. The van der Waals surface area contributed by atoms with Gasteiger partial charge in [-0.15, -0.1) is 0 Å². The quantitative estimate of drug-likeness (QED) is 0.521. The number of hydrogen-bond donors (Lipinski definition) is 1. The van der Waals surface area contributed by atoms with Crippen LogP contribution in [0, 0.1) is 12.8 Å². The first-order valence-electron chi connectivity index (χ1n) is 11.9. The van der Waals surface area contributed by atoms with Gasteiger partial charge in [0.05, 0.1) is 19.2 Å². The standard InChI is InChI=1S/C27H34N4O2/c1-4-15-31-20(2)23(17-28-31)19-30-16-7-8-22(18-30)27(32)29-26-10-6-5-9-25(26)21-11-13-24(33-3)14-12-21/h5-6,9-14,17,22H,4,7-8,15-16,18-19H2,1-3H3,(H,29,32)/t22-/m0/s1. The maximum Gasteiger partial charge on any atom is 0.228 e. The van der Waals surface area contributed by atoms with Crippen LogP contribution in [0.3, 0.4) is 0 Å². The molecular weight excluding hydrogens is 412 g/mol. The Labute approximate surface area is 196 Å². The zero-order valence-electron chi connectivity index (χ0n) is 19.9. The van der Waals surface area contributed by atoms with Crippen molar-refractivity contribution in [1.29, 1.82) is 0 Å². The maximum atomic E-state index is 13.2. The fourth-order valence-electron chi connectivity index (χ4n) is 4.58. The Morgan fingerprint density at radius 2 is 1.97 bits per heavy atom. The fourth-order valence-corrected chi connectivity index (χ4v) is 4.58. The Kier molecular flexibility index (Phi) is 7.45. The molecule has 1 aliphatic heterocycles. The fraction of sp³-hybridized carbons (Fsp3) is 0.407. The van der Waals surface area contributed by atoms with E-state index < -0.39 is 0 Å². The summed E-state index contributed by atoms with van der Waals surface area (Å²) in [6.07, 6.45) is 5.01. The number of piperidine rings is 1. The molecule has 0 unspecified atom stereocenters. The number of likely N-dealkylation sites (tertiary alicyclic amines) is 1. The second-order valence-corrected chi connectivity index (χ2v) is 8.82. The van der Waals surface area contributed by atoms with Gasteiger partial charge in [-0.25, -0.2) is 0 Å². The molecule has 0 saturated carbocycles. The van der Waals surface area contributed by atoms with Crippen molar-refractivity contribution in [2.24, 2.45) is 5.92 Å². The van der Waals surface area contributed by atoms with Crippen molar-refractivity contribution < 1.29 is 9.53 Å². The molecule has 2 heterocycles. The van der Waals surface area contributed by atoms with Crippen molar-refractivity contribution in [3.8, 4) is 16.9 Å². The van der Waals surface area contributed by atoms with E-state index >= 15 is 0 Å². The van der Waals surface area contributed by atoms with Gasteiger partial charge in [-0.1, -0.05) is 37.3 Å². The molecule has 0 spiro atoms. The SMILES string of the molecule is CCCn1ncc(CN2CCC[C@H](C(=O)Nc3ccccc3-c3ccc(OC)cc3)C2)c1C. The van der Waals surface area contributed by atoms with Gasteiger partial charge in [-0.05, 0) is 56.5 Å². The number of aryl methyl sites for hydroxylation is 1. The number of para-hydroxylation sites is 1. The molecule has 1 fully saturated rings. The molecule has 1 aromatic heterocycles. The summed E-state index contributed by atoms with van der Waals surface area (Å²) in [5.41, 5.74) is 5.41. The van der Waals surface area contributed by atoms with E-state index in [2.05, 4.69) is 33.8 Å². The lowest BCUT2D eigenvalue weighted by Gasteiger charge is -2.32. The van der Waals surface area contributed by atoms with Crippen molar-refractivity contribution in [1.82, 2.24) is 14.7 Å². The minimum Gasteiger partial charge on any atom is -0.497 e. The first-order chi connectivity index (χ1) is 16.1. The normalized spacial score (nSPS) is 16.5. The molecular formula is C27H34N4O2. The zero-order chi connectivity index (χ0) is 23.2. The van der Waals surface area contributed by atoms with Crippen molar-refractivity contribution >= 4 is 11.6 Å². The van der Waals surface area contributed by atoms with Crippen LogP contribution >= 0.6 is 0 Å². The lowest BCUT2D eigenvalue weighted by atomic mass is 9.96. The Bertz CT molecular complexity index is 1070. The Balaban J connectivity index is 1.42. The number of anilines is 1. The van der Waals surface area contributed by atoms with Gasteiger partial charge in [0.25, 0.3) is 0 Å². The molecule has 0 bridgehead atoms. The maximum absolute atomic E-state index is 13.2. The predicted octanol–water partition coefficient (Wildman–Crippen LogP) is 5.13. The van der Waals surface area contributed by atoms with E-state index in [0.29, 0.717) is 0 Å². The van der Waals surface area contributed by atoms with E-state index in [4.69, 9.17) is 4.74 Å². The lowest BCUT2D eigenvalue weighted by molar-refractivity contribution is -0.121. The average molecular weight is 447 g/mol. The third-order valence-electron chi connectivity index (χ3n) is 6.50. The van der Waals surface area contributed by atoms with Gasteiger partial charge in [0.2, 0.25) is 5.91 Å². The van der Waals surface area contributed by atoms with Gasteiger partial charge in [0.1, 0.15) is 5.75 Å². The minimum atomic E-state index is -0.0198. The summed E-state index contributed by atoms with van der Waals surface area (Å²) in [4.78, 5) is 15.6. The molecule has 6 nitrogen and oxygen atoms in total. The molecule has 174 valence electrons. The summed E-state index contributed by atoms with van der Waals surface area (Å²) in [6.45, 7) is 7.90. The van der Waals surface area contributed by atoms with Crippen LogP contribution in [-0.2, 0) is 17.9 Å². The number of benzene rings is 2. The molecule has 1 N–H and O–H groups in total. The van der Waals surface area contributed by atoms with Gasteiger partial charge >= 0.3 is 0 Å². The Morgan fingerprint density at radius 1 is 1.18 bits per heavy atom. The largest absolute Gasteiger partial charge is 0.497 e. The molecule has 3 aromatic rings. The van der Waals surface area contributed by atoms with E-state index in [1.54, 1.807) is 7.11 Å². The molecule has 6 heteroatoms. The van der Waals surface area contributed by atoms with Gasteiger partial charge in [0, 0.05) is 42.1 Å². The number of carbonyl (C=O) groups excluding carboxylic acids is 1. The summed E-state index contributed by atoms with van der Waals surface area (Å²) in [5.74, 6) is 0.894. The number of amides is 1. The highest BCUT2D eigenvalue weighted by Gasteiger charge is 2.27. The average Bonchev–Trinajstić information content (AvgIpc) is 3.19. The second-order valence-electron chi connectivity index (χ2n) is 8.82. The van der Waals surface area contributed by atoms with Crippen LogP contribution in [0.2, 0.25) is 0 Å². The van der Waals surface area contributed by atoms with Crippen molar-refractivity contribution in [2.75, 3.05) is 25.5 Å². The molecule has 4 rings (SSSR count).